The SMILES string of the molecule is O=C(Nc1ncnc2c1ncn2[C@@H]1O[C@H](CO)[C@H](OP(O)O)[C@H]1F)c1ccccc1. The standard InChI is InChI=1S/C17H17FN5O6P/c18-11-13(29-30(26)27)10(6-24)28-17(11)23-8-21-12-14(19-7-20-15(12)23)22-16(25)9-4-2-1-3-5-9/h1-5,7-8,10-11,13,17,24,26-27H,6H2,(H,19,20,22,25)/t10-,11-,13+,17-/m1/s1. The Kier molecular flexibility index (Phi) is 5.95. The number of anilines is 1. The van der Waals surface area contributed by atoms with E-state index in [0.29, 0.717) is 5.56 Å². The van der Waals surface area contributed by atoms with Gasteiger partial charge in [0.05, 0.1) is 12.9 Å². The largest absolute Gasteiger partial charge is 0.394 e. The number of rotatable bonds is 6. The number of alkyl halides is 1. The fourth-order valence-corrected chi connectivity index (χ4v) is 3.67. The Morgan fingerprint density at radius 3 is 2.73 bits per heavy atom. The molecular formula is C17H17FN5O6P. The lowest BCUT2D eigenvalue weighted by Gasteiger charge is -2.18. The summed E-state index contributed by atoms with van der Waals surface area (Å²) >= 11 is 0. The molecule has 30 heavy (non-hydrogen) atoms. The molecule has 1 aliphatic heterocycles. The number of aromatic nitrogens is 4. The van der Waals surface area contributed by atoms with E-state index in [9.17, 15) is 14.3 Å². The molecule has 3 heterocycles. The summed E-state index contributed by atoms with van der Waals surface area (Å²) in [5, 5.41) is 12.1. The van der Waals surface area contributed by atoms with Crippen LogP contribution in [0.25, 0.3) is 11.2 Å². The minimum atomic E-state index is -2.85. The first-order valence-corrected chi connectivity index (χ1v) is 9.95. The predicted molar refractivity (Wildman–Crippen MR) is 102 cm³/mol. The maximum absolute atomic E-state index is 14.9. The topological polar surface area (TPSA) is 152 Å². The molecule has 0 radical (unpaired) electrons. The zero-order valence-corrected chi connectivity index (χ0v) is 16.1. The lowest BCUT2D eigenvalue weighted by Crippen LogP contribution is -2.32. The van der Waals surface area contributed by atoms with Gasteiger partial charge in [-0.2, -0.15) is 0 Å². The first-order valence-electron chi connectivity index (χ1n) is 8.78. The molecule has 4 N–H and O–H groups in total. The molecule has 0 spiro atoms. The number of carbonyl (C=O) groups excluding carboxylic acids is 1. The fourth-order valence-electron chi connectivity index (χ4n) is 3.20. The van der Waals surface area contributed by atoms with E-state index in [0.717, 1.165) is 0 Å². The molecule has 0 saturated carbocycles. The van der Waals surface area contributed by atoms with Crippen molar-refractivity contribution < 1.29 is 33.3 Å². The molecule has 1 aromatic carbocycles. The summed E-state index contributed by atoms with van der Waals surface area (Å²) in [7, 11) is -2.85. The fraction of sp³-hybridized carbons (Fsp3) is 0.294. The zero-order valence-electron chi connectivity index (χ0n) is 15.2. The number of amides is 1. The van der Waals surface area contributed by atoms with Gasteiger partial charge in [-0.25, -0.2) is 19.3 Å². The Morgan fingerprint density at radius 2 is 2.03 bits per heavy atom. The molecule has 4 atom stereocenters. The van der Waals surface area contributed by atoms with Crippen LogP contribution in [0.2, 0.25) is 0 Å². The lowest BCUT2D eigenvalue weighted by atomic mass is 10.1. The number of aliphatic hydroxyl groups is 1. The highest BCUT2D eigenvalue weighted by Crippen LogP contribution is 2.40. The summed E-state index contributed by atoms with van der Waals surface area (Å²) in [5.74, 6) is -0.277. The highest BCUT2D eigenvalue weighted by molar-refractivity contribution is 7.39. The van der Waals surface area contributed by atoms with E-state index in [2.05, 4.69) is 20.3 Å². The molecule has 1 fully saturated rings. The Morgan fingerprint density at radius 1 is 1.27 bits per heavy atom. The Balaban J connectivity index is 1.63. The number of imidazole rings is 1. The number of nitrogens with one attached hydrogen (secondary N) is 1. The number of aliphatic hydroxyl groups excluding tert-OH is 1. The van der Waals surface area contributed by atoms with Crippen LogP contribution in [0.5, 0.6) is 0 Å². The quantitative estimate of drug-likeness (QED) is 0.412. The molecule has 0 aliphatic carbocycles. The Bertz CT molecular complexity index is 1040. The van der Waals surface area contributed by atoms with Gasteiger partial charge in [0.1, 0.15) is 18.5 Å². The van der Waals surface area contributed by atoms with E-state index in [1.54, 1.807) is 30.3 Å². The molecule has 1 aliphatic rings. The Hall–Kier alpha value is -2.60. The molecule has 0 bridgehead atoms. The van der Waals surface area contributed by atoms with Crippen molar-refractivity contribution in [3.05, 3.63) is 48.5 Å². The van der Waals surface area contributed by atoms with Crippen LogP contribution in [0.15, 0.2) is 43.0 Å². The van der Waals surface area contributed by atoms with Crippen LogP contribution in [0, 0.1) is 0 Å². The lowest BCUT2D eigenvalue weighted by molar-refractivity contribution is -0.0442. The van der Waals surface area contributed by atoms with Gasteiger partial charge < -0.3 is 29.5 Å². The maximum atomic E-state index is 14.9. The summed E-state index contributed by atoms with van der Waals surface area (Å²) in [6.07, 6.45) is -3.21. The number of halogens is 1. The smallest absolute Gasteiger partial charge is 0.327 e. The summed E-state index contributed by atoms with van der Waals surface area (Å²) < 4.78 is 26.5. The molecule has 3 aromatic rings. The van der Waals surface area contributed by atoms with E-state index in [-0.39, 0.29) is 17.0 Å². The molecule has 0 unspecified atom stereocenters. The maximum Gasteiger partial charge on any atom is 0.327 e. The summed E-state index contributed by atoms with van der Waals surface area (Å²) in [4.78, 5) is 42.8. The van der Waals surface area contributed by atoms with Crippen molar-refractivity contribution in [3.8, 4) is 0 Å². The normalized spacial score (nSPS) is 23.9. The van der Waals surface area contributed by atoms with Crippen LogP contribution in [0.3, 0.4) is 0 Å². The minimum Gasteiger partial charge on any atom is -0.394 e. The van der Waals surface area contributed by atoms with E-state index in [4.69, 9.17) is 19.0 Å². The number of nitrogens with zero attached hydrogens (tertiary/aromatic N) is 4. The zero-order chi connectivity index (χ0) is 21.3. The minimum absolute atomic E-state index is 0.127. The molecule has 2 aromatic heterocycles. The van der Waals surface area contributed by atoms with Gasteiger partial charge >= 0.3 is 8.60 Å². The number of ether oxygens (including phenoxy) is 1. The van der Waals surface area contributed by atoms with Gasteiger partial charge in [0.2, 0.25) is 0 Å². The van der Waals surface area contributed by atoms with Gasteiger partial charge in [-0.15, -0.1) is 0 Å². The van der Waals surface area contributed by atoms with E-state index in [1.807, 2.05) is 0 Å². The van der Waals surface area contributed by atoms with E-state index in [1.165, 1.54) is 17.2 Å². The van der Waals surface area contributed by atoms with Crippen molar-refractivity contribution >= 4 is 31.5 Å². The number of hydrogen-bond acceptors (Lipinski definition) is 9. The third-order valence-electron chi connectivity index (χ3n) is 4.56. The average molecular weight is 437 g/mol. The molecule has 4 rings (SSSR count). The van der Waals surface area contributed by atoms with E-state index >= 15 is 0 Å². The first-order chi connectivity index (χ1) is 14.5. The predicted octanol–water partition coefficient (Wildman–Crippen LogP) is 0.903. The van der Waals surface area contributed by atoms with Gasteiger partial charge in [0, 0.05) is 5.56 Å². The Labute approximate surface area is 170 Å². The second-order valence-corrected chi connectivity index (χ2v) is 7.10. The van der Waals surface area contributed by atoms with Crippen molar-refractivity contribution in [1.82, 2.24) is 19.5 Å². The average Bonchev–Trinajstić information content (AvgIpc) is 3.30. The van der Waals surface area contributed by atoms with Crippen LogP contribution < -0.4 is 5.32 Å². The van der Waals surface area contributed by atoms with Gasteiger partial charge in [0.25, 0.3) is 5.91 Å². The number of fused-ring (bicyclic) bond motifs is 1. The number of hydrogen-bond donors (Lipinski definition) is 4. The van der Waals surface area contributed by atoms with Crippen molar-refractivity contribution in [2.75, 3.05) is 11.9 Å². The van der Waals surface area contributed by atoms with Crippen molar-refractivity contribution in [2.24, 2.45) is 0 Å². The second-order valence-electron chi connectivity index (χ2n) is 6.38. The van der Waals surface area contributed by atoms with E-state index < -0.39 is 45.7 Å². The second kappa shape index (κ2) is 8.64. The van der Waals surface area contributed by atoms with Crippen LogP contribution in [0.1, 0.15) is 16.6 Å². The van der Waals surface area contributed by atoms with Crippen molar-refractivity contribution in [1.29, 1.82) is 0 Å². The van der Waals surface area contributed by atoms with Gasteiger partial charge in [0.15, 0.2) is 29.4 Å². The summed E-state index contributed by atoms with van der Waals surface area (Å²) in [6, 6.07) is 8.50. The highest BCUT2D eigenvalue weighted by atomic mass is 31.2. The molecule has 158 valence electrons. The van der Waals surface area contributed by atoms with Crippen molar-refractivity contribution in [3.63, 3.8) is 0 Å². The molecule has 11 nitrogen and oxygen atoms in total. The monoisotopic (exact) mass is 437 g/mol. The van der Waals surface area contributed by atoms with Gasteiger partial charge in [-0.3, -0.25) is 9.36 Å². The summed E-state index contributed by atoms with van der Waals surface area (Å²) in [5.41, 5.74) is 0.796. The number of benzene rings is 1. The molecule has 1 saturated heterocycles. The first kappa shape index (κ1) is 20.7. The molecule has 13 heteroatoms. The third-order valence-corrected chi connectivity index (χ3v) is 5.00. The number of carbonyl (C=O) groups is 1. The van der Waals surface area contributed by atoms with Crippen LogP contribution in [-0.4, -0.2) is 65.3 Å². The van der Waals surface area contributed by atoms with Crippen LogP contribution >= 0.6 is 8.60 Å². The van der Waals surface area contributed by atoms with Gasteiger partial charge in [-0.05, 0) is 12.1 Å². The van der Waals surface area contributed by atoms with Crippen LogP contribution in [-0.2, 0) is 9.26 Å². The highest BCUT2D eigenvalue weighted by Gasteiger charge is 2.48. The molecular weight excluding hydrogens is 420 g/mol. The van der Waals surface area contributed by atoms with Crippen LogP contribution in [0.4, 0.5) is 10.2 Å². The van der Waals surface area contributed by atoms with Crippen molar-refractivity contribution in [2.45, 2.75) is 24.6 Å². The van der Waals surface area contributed by atoms with Gasteiger partial charge in [-0.1, -0.05) is 18.2 Å². The summed E-state index contributed by atoms with van der Waals surface area (Å²) in [6.45, 7) is -0.593. The molecule has 1 amide bonds. The third kappa shape index (κ3) is 3.88.